The van der Waals surface area contributed by atoms with E-state index in [4.69, 9.17) is 4.74 Å². The molecule has 0 aliphatic carbocycles. The third-order valence-electron chi connectivity index (χ3n) is 6.37. The van der Waals surface area contributed by atoms with Crippen molar-refractivity contribution >= 4 is 11.8 Å². The first kappa shape index (κ1) is 18.0. The molecule has 2 unspecified atom stereocenters. The van der Waals surface area contributed by atoms with Crippen LogP contribution in [0.3, 0.4) is 0 Å². The molecule has 27 heavy (non-hydrogen) atoms. The van der Waals surface area contributed by atoms with E-state index in [2.05, 4.69) is 19.4 Å². The van der Waals surface area contributed by atoms with E-state index < -0.39 is 6.09 Å². The summed E-state index contributed by atoms with van der Waals surface area (Å²) in [6.07, 6.45) is 3.61. The Morgan fingerprint density at radius 1 is 1.04 bits per heavy atom. The molecule has 1 N–H and O–H groups in total. The molecule has 2 heterocycles. The summed E-state index contributed by atoms with van der Waals surface area (Å²) in [7, 11) is 4.55. The van der Waals surface area contributed by atoms with Gasteiger partial charge in [-0.2, -0.15) is 0 Å². The van der Waals surface area contributed by atoms with Crippen LogP contribution in [0.5, 0.6) is 0 Å². The van der Waals surface area contributed by atoms with Gasteiger partial charge in [-0.3, -0.25) is 5.32 Å². The van der Waals surface area contributed by atoms with Crippen LogP contribution in [0.15, 0.2) is 48.5 Å². The number of amides is 1. The number of carbonyl (C=O) groups excluding carboxylic acids is 1. The van der Waals surface area contributed by atoms with Crippen LogP contribution in [0.4, 0.5) is 14.9 Å². The van der Waals surface area contributed by atoms with E-state index in [-0.39, 0.29) is 11.9 Å². The molecule has 2 bridgehead atoms. The van der Waals surface area contributed by atoms with Crippen LogP contribution < -0.4 is 5.32 Å². The largest absolute Gasteiger partial charge is 0.445 e. The molecule has 4 rings (SSSR count). The number of halogens is 1. The number of carbonyl (C=O) groups is 1. The van der Waals surface area contributed by atoms with Gasteiger partial charge in [0.1, 0.15) is 11.9 Å². The normalized spacial score (nSPS) is 25.8. The highest BCUT2D eigenvalue weighted by atomic mass is 19.1. The molecule has 0 aromatic heterocycles. The van der Waals surface area contributed by atoms with E-state index in [1.165, 1.54) is 18.9 Å². The molecule has 142 valence electrons. The number of hydrogen-bond donors (Lipinski definition) is 1. The minimum atomic E-state index is -0.505. The molecule has 2 aliphatic rings. The van der Waals surface area contributed by atoms with Crippen molar-refractivity contribution in [3.8, 4) is 11.1 Å². The molecule has 2 saturated heterocycles. The Morgan fingerprint density at radius 3 is 2.37 bits per heavy atom. The summed E-state index contributed by atoms with van der Waals surface area (Å²) in [5.74, 6) is -0.367. The molecular weight excluding hydrogens is 343 g/mol. The standard InChI is InChI=1S/C22H25FN2O2/c1-25(2)16-11-12-17(25)14-18(13-16)27-22(26)24-20-10-6-9-19(23)21(20)15-7-4-3-5-8-15/h3-10,16-18H,11-14H2,1-2H3/p+1. The summed E-state index contributed by atoms with van der Waals surface area (Å²) in [5, 5.41) is 2.76. The van der Waals surface area contributed by atoms with Crippen molar-refractivity contribution in [2.45, 2.75) is 43.9 Å². The Balaban J connectivity index is 1.48. The number of quaternary nitrogens is 1. The predicted molar refractivity (Wildman–Crippen MR) is 104 cm³/mol. The summed E-state index contributed by atoms with van der Waals surface area (Å²) in [5.41, 5.74) is 1.54. The average molecular weight is 369 g/mol. The number of rotatable bonds is 3. The van der Waals surface area contributed by atoms with Gasteiger partial charge in [0.05, 0.1) is 31.9 Å². The van der Waals surface area contributed by atoms with Gasteiger partial charge < -0.3 is 9.22 Å². The SMILES string of the molecule is C[N+]1(C)C2CCC1CC(OC(=O)Nc1cccc(F)c1-c1ccccc1)C2. The summed E-state index contributed by atoms with van der Waals surface area (Å²) in [6, 6.07) is 15.0. The van der Waals surface area contributed by atoms with Gasteiger partial charge in [0.15, 0.2) is 0 Å². The zero-order valence-corrected chi connectivity index (χ0v) is 15.8. The number of fused-ring (bicyclic) bond motifs is 2. The summed E-state index contributed by atoms with van der Waals surface area (Å²) in [6.45, 7) is 0. The van der Waals surface area contributed by atoms with Crippen molar-refractivity contribution in [1.82, 2.24) is 0 Å². The number of benzene rings is 2. The minimum Gasteiger partial charge on any atom is -0.445 e. The quantitative estimate of drug-likeness (QED) is 0.789. The number of nitrogens with zero attached hydrogens (tertiary/aromatic N) is 1. The molecule has 2 fully saturated rings. The van der Waals surface area contributed by atoms with Crippen LogP contribution in [0.25, 0.3) is 11.1 Å². The van der Waals surface area contributed by atoms with E-state index in [0.29, 0.717) is 23.3 Å². The number of hydrogen-bond acceptors (Lipinski definition) is 2. The van der Waals surface area contributed by atoms with Crippen molar-refractivity contribution < 1.29 is 18.4 Å². The first-order chi connectivity index (χ1) is 12.9. The zero-order chi connectivity index (χ0) is 19.0. The van der Waals surface area contributed by atoms with Crippen molar-refractivity contribution in [3.05, 3.63) is 54.3 Å². The smallest absolute Gasteiger partial charge is 0.411 e. The van der Waals surface area contributed by atoms with Gasteiger partial charge in [-0.05, 0) is 17.7 Å². The highest BCUT2D eigenvalue weighted by Gasteiger charge is 2.49. The molecule has 2 atom stereocenters. The Kier molecular flexibility index (Phi) is 4.64. The highest BCUT2D eigenvalue weighted by molar-refractivity contribution is 5.91. The molecule has 0 spiro atoms. The molecule has 1 amide bonds. The summed E-state index contributed by atoms with van der Waals surface area (Å²) in [4.78, 5) is 12.5. The Bertz CT molecular complexity index is 821. The highest BCUT2D eigenvalue weighted by Crippen LogP contribution is 2.40. The van der Waals surface area contributed by atoms with E-state index in [1.54, 1.807) is 12.1 Å². The van der Waals surface area contributed by atoms with Crippen LogP contribution in [0.1, 0.15) is 25.7 Å². The molecular formula is C22H26FN2O2+. The third kappa shape index (κ3) is 3.44. The Morgan fingerprint density at radius 2 is 1.70 bits per heavy atom. The van der Waals surface area contributed by atoms with Crippen molar-refractivity contribution in [2.24, 2.45) is 0 Å². The second-order valence-electron chi connectivity index (χ2n) is 8.17. The molecule has 2 aliphatic heterocycles. The monoisotopic (exact) mass is 369 g/mol. The second-order valence-corrected chi connectivity index (χ2v) is 8.17. The van der Waals surface area contributed by atoms with Crippen LogP contribution in [0.2, 0.25) is 0 Å². The van der Waals surface area contributed by atoms with E-state index in [1.807, 2.05) is 30.3 Å². The first-order valence-corrected chi connectivity index (χ1v) is 9.60. The fourth-order valence-electron chi connectivity index (χ4n) is 4.74. The zero-order valence-electron chi connectivity index (χ0n) is 15.8. The van der Waals surface area contributed by atoms with Gasteiger partial charge in [-0.1, -0.05) is 36.4 Å². The minimum absolute atomic E-state index is 0.0672. The van der Waals surface area contributed by atoms with E-state index >= 15 is 0 Å². The maximum absolute atomic E-state index is 14.4. The lowest BCUT2D eigenvalue weighted by Crippen LogP contribution is -2.56. The van der Waals surface area contributed by atoms with Crippen molar-refractivity contribution in [1.29, 1.82) is 0 Å². The third-order valence-corrected chi connectivity index (χ3v) is 6.37. The molecule has 2 aromatic carbocycles. The lowest BCUT2D eigenvalue weighted by molar-refractivity contribution is -0.931. The van der Waals surface area contributed by atoms with Crippen LogP contribution in [0, 0.1) is 5.82 Å². The van der Waals surface area contributed by atoms with E-state index in [9.17, 15) is 9.18 Å². The second kappa shape index (κ2) is 6.97. The average Bonchev–Trinajstić information content (AvgIpc) is 2.80. The number of anilines is 1. The number of nitrogens with one attached hydrogen (secondary N) is 1. The van der Waals surface area contributed by atoms with Gasteiger partial charge in [-0.25, -0.2) is 9.18 Å². The van der Waals surface area contributed by atoms with Gasteiger partial charge in [0.25, 0.3) is 0 Å². The molecule has 2 aromatic rings. The van der Waals surface area contributed by atoms with E-state index in [0.717, 1.165) is 22.9 Å². The maximum Gasteiger partial charge on any atom is 0.411 e. The van der Waals surface area contributed by atoms with Crippen molar-refractivity contribution in [3.63, 3.8) is 0 Å². The fourth-order valence-corrected chi connectivity index (χ4v) is 4.74. The maximum atomic E-state index is 14.4. The van der Waals surface area contributed by atoms with Crippen LogP contribution >= 0.6 is 0 Å². The fraction of sp³-hybridized carbons (Fsp3) is 0.409. The summed E-state index contributed by atoms with van der Waals surface area (Å²) >= 11 is 0. The summed E-state index contributed by atoms with van der Waals surface area (Å²) < 4.78 is 21.2. The molecule has 0 radical (unpaired) electrons. The van der Waals surface area contributed by atoms with Gasteiger partial charge in [0.2, 0.25) is 0 Å². The first-order valence-electron chi connectivity index (χ1n) is 9.60. The molecule has 0 saturated carbocycles. The lowest BCUT2D eigenvalue weighted by atomic mass is 9.98. The number of ether oxygens (including phenoxy) is 1. The van der Waals surface area contributed by atoms with Gasteiger partial charge >= 0.3 is 6.09 Å². The van der Waals surface area contributed by atoms with Crippen molar-refractivity contribution in [2.75, 3.05) is 19.4 Å². The predicted octanol–water partition coefficient (Wildman–Crippen LogP) is 4.81. The van der Waals surface area contributed by atoms with Crippen LogP contribution in [-0.4, -0.2) is 42.9 Å². The lowest BCUT2D eigenvalue weighted by Gasteiger charge is -2.43. The Hall–Kier alpha value is -2.40. The molecule has 5 heteroatoms. The molecule has 4 nitrogen and oxygen atoms in total. The van der Waals surface area contributed by atoms with Crippen LogP contribution in [-0.2, 0) is 4.74 Å². The topological polar surface area (TPSA) is 38.3 Å². The number of piperidine rings is 1. The van der Waals surface area contributed by atoms with Gasteiger partial charge in [-0.15, -0.1) is 0 Å². The Labute approximate surface area is 159 Å². The van der Waals surface area contributed by atoms with Gasteiger partial charge in [0, 0.05) is 31.2 Å².